The van der Waals surface area contributed by atoms with Gasteiger partial charge in [-0.25, -0.2) is 4.39 Å². The van der Waals surface area contributed by atoms with E-state index in [4.69, 9.17) is 15.3 Å². The Bertz CT molecular complexity index is 502. The van der Waals surface area contributed by atoms with Crippen molar-refractivity contribution in [1.82, 2.24) is 5.32 Å². The van der Waals surface area contributed by atoms with Crippen molar-refractivity contribution in [2.45, 2.75) is 0 Å². The molecule has 5 nitrogen and oxygen atoms in total. The molecule has 0 heterocycles. The van der Waals surface area contributed by atoms with E-state index in [2.05, 4.69) is 5.32 Å². The molecule has 0 aliphatic carbocycles. The number of halogens is 1. The predicted octanol–water partition coefficient (Wildman–Crippen LogP) is 0.716. The molecule has 86 valence electrons. The number of hydrogen-bond donors (Lipinski definition) is 1. The summed E-state index contributed by atoms with van der Waals surface area (Å²) in [6.07, 6.45) is 0. The summed E-state index contributed by atoms with van der Waals surface area (Å²) in [7, 11) is 0. The molecular weight excluding hydrogens is 225 g/mol. The van der Waals surface area contributed by atoms with Crippen LogP contribution in [-0.2, 0) is 4.79 Å². The highest BCUT2D eigenvalue weighted by Crippen LogP contribution is 2.15. The van der Waals surface area contributed by atoms with E-state index in [1.54, 1.807) is 12.1 Å². The molecule has 1 amide bonds. The van der Waals surface area contributed by atoms with Gasteiger partial charge >= 0.3 is 0 Å². The van der Waals surface area contributed by atoms with E-state index in [1.165, 1.54) is 12.1 Å². The minimum absolute atomic E-state index is 0.0914. The van der Waals surface area contributed by atoms with Crippen LogP contribution in [0.25, 0.3) is 0 Å². The van der Waals surface area contributed by atoms with Gasteiger partial charge in [-0.1, -0.05) is 0 Å². The van der Waals surface area contributed by atoms with Crippen LogP contribution in [0.5, 0.6) is 5.75 Å². The van der Waals surface area contributed by atoms with Gasteiger partial charge in [0.15, 0.2) is 6.61 Å². The molecule has 0 aromatic heterocycles. The number of nitrogens with one attached hydrogen (secondary N) is 1. The van der Waals surface area contributed by atoms with Crippen molar-refractivity contribution in [3.05, 3.63) is 29.6 Å². The first-order valence-electron chi connectivity index (χ1n) is 4.63. The van der Waals surface area contributed by atoms with E-state index in [-0.39, 0.29) is 24.5 Å². The Morgan fingerprint density at radius 2 is 2.24 bits per heavy atom. The van der Waals surface area contributed by atoms with Crippen LogP contribution in [0, 0.1) is 28.5 Å². The van der Waals surface area contributed by atoms with Crippen molar-refractivity contribution in [2.24, 2.45) is 0 Å². The summed E-state index contributed by atoms with van der Waals surface area (Å²) in [6.45, 7) is -0.420. The highest BCUT2D eigenvalue weighted by Gasteiger charge is 2.05. The molecule has 1 aromatic rings. The molecule has 0 saturated heterocycles. The maximum absolute atomic E-state index is 13.1. The van der Waals surface area contributed by atoms with Crippen LogP contribution >= 0.6 is 0 Å². The summed E-state index contributed by atoms with van der Waals surface area (Å²) in [5, 5.41) is 19.0. The molecule has 1 aromatic carbocycles. The Morgan fingerprint density at radius 3 is 2.82 bits per heavy atom. The molecule has 0 unspecified atom stereocenters. The number of nitrogens with zero attached hydrogens (tertiary/aromatic N) is 2. The third kappa shape index (κ3) is 3.80. The smallest absolute Gasteiger partial charge is 0.258 e. The van der Waals surface area contributed by atoms with Gasteiger partial charge in [-0.3, -0.25) is 4.79 Å². The number of ether oxygens (including phenoxy) is 1. The third-order valence-corrected chi connectivity index (χ3v) is 1.80. The van der Waals surface area contributed by atoms with Crippen molar-refractivity contribution in [2.75, 3.05) is 13.2 Å². The predicted molar refractivity (Wildman–Crippen MR) is 55.2 cm³/mol. The van der Waals surface area contributed by atoms with Crippen molar-refractivity contribution < 1.29 is 13.9 Å². The van der Waals surface area contributed by atoms with E-state index >= 15 is 0 Å². The van der Waals surface area contributed by atoms with E-state index in [0.717, 1.165) is 6.07 Å². The second-order valence-electron chi connectivity index (χ2n) is 2.98. The Kier molecular flexibility index (Phi) is 4.46. The van der Waals surface area contributed by atoms with Gasteiger partial charge in [0, 0.05) is 6.07 Å². The van der Waals surface area contributed by atoms with Gasteiger partial charge < -0.3 is 10.1 Å². The first kappa shape index (κ1) is 12.5. The van der Waals surface area contributed by atoms with E-state index in [1.807, 2.05) is 0 Å². The van der Waals surface area contributed by atoms with Crippen LogP contribution in [0.1, 0.15) is 5.56 Å². The van der Waals surface area contributed by atoms with Crippen LogP contribution < -0.4 is 10.1 Å². The average molecular weight is 233 g/mol. The monoisotopic (exact) mass is 233 g/mol. The van der Waals surface area contributed by atoms with Gasteiger partial charge in [-0.15, -0.1) is 0 Å². The normalized spacial score (nSPS) is 8.88. The van der Waals surface area contributed by atoms with Crippen molar-refractivity contribution >= 4 is 5.91 Å². The second-order valence-corrected chi connectivity index (χ2v) is 2.98. The largest absolute Gasteiger partial charge is 0.484 e. The summed E-state index contributed by atoms with van der Waals surface area (Å²) < 4.78 is 18.1. The molecule has 0 bridgehead atoms. The number of nitriles is 2. The fourth-order valence-corrected chi connectivity index (χ4v) is 1.01. The molecule has 1 N–H and O–H groups in total. The first-order valence-corrected chi connectivity index (χ1v) is 4.63. The van der Waals surface area contributed by atoms with Crippen LogP contribution in [-0.4, -0.2) is 19.1 Å². The fourth-order valence-electron chi connectivity index (χ4n) is 1.01. The molecule has 0 aliphatic rings. The van der Waals surface area contributed by atoms with Gasteiger partial charge in [0.2, 0.25) is 0 Å². The zero-order valence-corrected chi connectivity index (χ0v) is 8.74. The summed E-state index contributed by atoms with van der Waals surface area (Å²) in [4.78, 5) is 11.0. The Morgan fingerprint density at radius 1 is 1.47 bits per heavy atom. The maximum atomic E-state index is 13.1. The molecule has 0 atom stereocenters. The van der Waals surface area contributed by atoms with Gasteiger partial charge in [0.05, 0.1) is 11.6 Å². The van der Waals surface area contributed by atoms with Gasteiger partial charge in [-0.2, -0.15) is 10.5 Å². The topological polar surface area (TPSA) is 85.9 Å². The van der Waals surface area contributed by atoms with Crippen molar-refractivity contribution in [1.29, 1.82) is 10.5 Å². The number of carbonyl (C=O) groups excluding carboxylic acids is 1. The van der Waals surface area contributed by atoms with E-state index < -0.39 is 11.7 Å². The van der Waals surface area contributed by atoms with Gasteiger partial charge in [0.1, 0.15) is 24.2 Å². The molecular formula is C11H8FN3O2. The van der Waals surface area contributed by atoms with Crippen molar-refractivity contribution in [3.63, 3.8) is 0 Å². The lowest BCUT2D eigenvalue weighted by Crippen LogP contribution is -2.29. The van der Waals surface area contributed by atoms with Crippen LogP contribution in [0.4, 0.5) is 4.39 Å². The zero-order valence-electron chi connectivity index (χ0n) is 8.74. The van der Waals surface area contributed by atoms with E-state index in [9.17, 15) is 9.18 Å². The lowest BCUT2D eigenvalue weighted by Gasteiger charge is -2.05. The van der Waals surface area contributed by atoms with Crippen molar-refractivity contribution in [3.8, 4) is 17.9 Å². The first-order chi connectivity index (χ1) is 8.17. The van der Waals surface area contributed by atoms with Crippen LogP contribution in [0.15, 0.2) is 18.2 Å². The molecule has 1 rings (SSSR count). The maximum Gasteiger partial charge on any atom is 0.258 e. The quantitative estimate of drug-likeness (QED) is 0.776. The average Bonchev–Trinajstić information content (AvgIpc) is 2.34. The summed E-state index contributed by atoms with van der Waals surface area (Å²) in [5.41, 5.74) is -0.0914. The van der Waals surface area contributed by atoms with Crippen LogP contribution in [0.2, 0.25) is 0 Å². The highest BCUT2D eigenvalue weighted by atomic mass is 19.1. The van der Waals surface area contributed by atoms with Gasteiger partial charge in [0.25, 0.3) is 5.91 Å². The third-order valence-electron chi connectivity index (χ3n) is 1.80. The lowest BCUT2D eigenvalue weighted by atomic mass is 10.2. The zero-order chi connectivity index (χ0) is 12.7. The summed E-state index contributed by atoms with van der Waals surface area (Å²) >= 11 is 0. The second kappa shape index (κ2) is 6.09. The Hall–Kier alpha value is -2.60. The minimum Gasteiger partial charge on any atom is -0.484 e. The SMILES string of the molecule is N#CCNC(=O)COc1ccc(C#N)c(F)c1. The van der Waals surface area contributed by atoms with E-state index in [0.29, 0.717) is 0 Å². The molecule has 0 spiro atoms. The molecule has 0 aliphatic heterocycles. The fraction of sp³-hybridized carbons (Fsp3) is 0.182. The minimum atomic E-state index is -0.706. The summed E-state index contributed by atoms with van der Waals surface area (Å²) in [6, 6.07) is 7.08. The lowest BCUT2D eigenvalue weighted by molar-refractivity contribution is -0.122. The summed E-state index contributed by atoms with van der Waals surface area (Å²) in [5.74, 6) is -1.03. The molecule has 0 saturated carbocycles. The molecule has 17 heavy (non-hydrogen) atoms. The Labute approximate surface area is 97.0 Å². The highest BCUT2D eigenvalue weighted by molar-refractivity contribution is 5.77. The number of carbonyl (C=O) groups is 1. The number of amides is 1. The van der Waals surface area contributed by atoms with Gasteiger partial charge in [-0.05, 0) is 12.1 Å². The molecule has 6 heteroatoms. The Balaban J connectivity index is 2.54. The number of hydrogen-bond acceptors (Lipinski definition) is 4. The molecule has 0 radical (unpaired) electrons. The van der Waals surface area contributed by atoms with Crippen LogP contribution in [0.3, 0.4) is 0 Å². The standard InChI is InChI=1S/C11H8FN3O2/c12-10-5-9(2-1-8(10)6-14)17-7-11(16)15-4-3-13/h1-2,5H,4,7H2,(H,15,16). The number of rotatable bonds is 4. The number of benzene rings is 1. The molecule has 0 fully saturated rings.